The molecule has 1 heterocycles. The van der Waals surface area contributed by atoms with Gasteiger partial charge in [0.1, 0.15) is 11.4 Å². The molecule has 1 aliphatic rings. The fraction of sp³-hybridized carbons (Fsp3) is 0.214. The van der Waals surface area contributed by atoms with Crippen LogP contribution in [0.15, 0.2) is 78.5 Å². The molecule has 0 unspecified atom stereocenters. The highest BCUT2D eigenvalue weighted by atomic mass is 16.5. The van der Waals surface area contributed by atoms with E-state index in [0.29, 0.717) is 36.4 Å². The lowest BCUT2D eigenvalue weighted by molar-refractivity contribution is -0.136. The van der Waals surface area contributed by atoms with E-state index < -0.39 is 0 Å². The van der Waals surface area contributed by atoms with Crippen LogP contribution in [-0.4, -0.2) is 29.9 Å². The molecule has 5 heteroatoms. The van der Waals surface area contributed by atoms with E-state index in [2.05, 4.69) is 5.32 Å². The number of nitrogens with zero attached hydrogens (tertiary/aromatic N) is 1. The van der Waals surface area contributed by atoms with Crippen LogP contribution in [0.3, 0.4) is 0 Å². The third-order valence-corrected chi connectivity index (χ3v) is 5.87. The highest BCUT2D eigenvalue weighted by molar-refractivity contribution is 6.36. The molecule has 1 N–H and O–H groups in total. The van der Waals surface area contributed by atoms with Gasteiger partial charge in [-0.1, -0.05) is 48.5 Å². The smallest absolute Gasteiger partial charge is 0.278 e. The third kappa shape index (κ3) is 4.82. The van der Waals surface area contributed by atoms with Crippen molar-refractivity contribution in [3.05, 3.63) is 101 Å². The maximum atomic E-state index is 13.4. The summed E-state index contributed by atoms with van der Waals surface area (Å²) in [5.74, 6) is 0.132. The lowest BCUT2D eigenvalue weighted by Gasteiger charge is -2.15. The van der Waals surface area contributed by atoms with Gasteiger partial charge in [-0.25, -0.2) is 0 Å². The number of aryl methyl sites for hydroxylation is 2. The van der Waals surface area contributed by atoms with Crippen LogP contribution in [0.25, 0.3) is 5.57 Å². The number of hydrogen-bond acceptors (Lipinski definition) is 4. The molecule has 4 rings (SSSR count). The van der Waals surface area contributed by atoms with Crippen LogP contribution in [0.1, 0.15) is 29.2 Å². The average Bonchev–Trinajstić information content (AvgIpc) is 3.05. The maximum absolute atomic E-state index is 13.4. The van der Waals surface area contributed by atoms with Crippen molar-refractivity contribution in [3.8, 4) is 5.75 Å². The molecule has 0 aliphatic carbocycles. The molecular formula is C28H28N2O3. The van der Waals surface area contributed by atoms with Crippen molar-refractivity contribution in [3.63, 3.8) is 0 Å². The first-order chi connectivity index (χ1) is 16.0. The van der Waals surface area contributed by atoms with Gasteiger partial charge in [-0.15, -0.1) is 0 Å². The molecule has 0 saturated carbocycles. The molecule has 33 heavy (non-hydrogen) atoms. The second kappa shape index (κ2) is 9.74. The predicted molar refractivity (Wildman–Crippen MR) is 131 cm³/mol. The van der Waals surface area contributed by atoms with Crippen LogP contribution >= 0.6 is 0 Å². The van der Waals surface area contributed by atoms with Crippen LogP contribution in [0, 0.1) is 13.8 Å². The first-order valence-electron chi connectivity index (χ1n) is 11.2. The molecule has 5 nitrogen and oxygen atoms in total. The van der Waals surface area contributed by atoms with Crippen LogP contribution in [-0.2, 0) is 16.0 Å². The Morgan fingerprint density at radius 3 is 2.24 bits per heavy atom. The zero-order valence-electron chi connectivity index (χ0n) is 19.2. The van der Waals surface area contributed by atoms with Gasteiger partial charge in [0.05, 0.1) is 12.2 Å². The van der Waals surface area contributed by atoms with Crippen LogP contribution in [0.2, 0.25) is 0 Å². The zero-order chi connectivity index (χ0) is 23.4. The van der Waals surface area contributed by atoms with E-state index in [-0.39, 0.29) is 11.8 Å². The molecule has 0 atom stereocenters. The van der Waals surface area contributed by atoms with Crippen molar-refractivity contribution in [1.82, 2.24) is 4.90 Å². The Morgan fingerprint density at radius 1 is 0.848 bits per heavy atom. The van der Waals surface area contributed by atoms with E-state index in [4.69, 9.17) is 4.74 Å². The number of imide groups is 1. The quantitative estimate of drug-likeness (QED) is 0.493. The van der Waals surface area contributed by atoms with Crippen LogP contribution < -0.4 is 10.1 Å². The monoisotopic (exact) mass is 440 g/mol. The molecule has 0 radical (unpaired) electrons. The zero-order valence-corrected chi connectivity index (χ0v) is 19.2. The van der Waals surface area contributed by atoms with Crippen molar-refractivity contribution in [2.24, 2.45) is 0 Å². The summed E-state index contributed by atoms with van der Waals surface area (Å²) in [6, 6.07) is 23.1. The Balaban J connectivity index is 1.67. The summed E-state index contributed by atoms with van der Waals surface area (Å²) < 4.78 is 5.53. The average molecular weight is 441 g/mol. The lowest BCUT2D eigenvalue weighted by atomic mass is 10.0. The normalized spacial score (nSPS) is 13.6. The van der Waals surface area contributed by atoms with Gasteiger partial charge in [0.15, 0.2) is 0 Å². The fourth-order valence-electron chi connectivity index (χ4n) is 3.90. The minimum atomic E-state index is -0.307. The summed E-state index contributed by atoms with van der Waals surface area (Å²) >= 11 is 0. The third-order valence-electron chi connectivity index (χ3n) is 5.87. The SMILES string of the molecule is CCOc1ccc(C2=C(Nc3ccc(C)c(C)c3)C(=O)N(CCc3ccccc3)C2=O)cc1. The number of anilines is 1. The first kappa shape index (κ1) is 22.3. The summed E-state index contributed by atoms with van der Waals surface area (Å²) in [4.78, 5) is 28.2. The molecule has 0 fully saturated rings. The number of ether oxygens (including phenoxy) is 1. The standard InChI is InChI=1S/C28H28N2O3/c1-4-33-24-14-11-22(12-15-24)25-26(29-23-13-10-19(2)20(3)18-23)28(32)30(27(25)31)17-16-21-8-6-5-7-9-21/h5-15,18,29H,4,16-17H2,1-3H3. The van der Waals surface area contributed by atoms with E-state index in [1.54, 1.807) is 0 Å². The van der Waals surface area contributed by atoms with Gasteiger partial charge in [-0.2, -0.15) is 0 Å². The Hall–Kier alpha value is -3.86. The van der Waals surface area contributed by atoms with Crippen molar-refractivity contribution in [1.29, 1.82) is 0 Å². The van der Waals surface area contributed by atoms with Crippen LogP contribution in [0.5, 0.6) is 5.75 Å². The molecule has 3 aromatic carbocycles. The molecular weight excluding hydrogens is 412 g/mol. The molecule has 0 saturated heterocycles. The Kier molecular flexibility index (Phi) is 6.59. The highest BCUT2D eigenvalue weighted by Crippen LogP contribution is 2.32. The van der Waals surface area contributed by atoms with E-state index in [1.165, 1.54) is 10.5 Å². The van der Waals surface area contributed by atoms with Gasteiger partial charge in [-0.3, -0.25) is 14.5 Å². The molecule has 1 aliphatic heterocycles. The van der Waals surface area contributed by atoms with Gasteiger partial charge in [0, 0.05) is 12.2 Å². The first-order valence-corrected chi connectivity index (χ1v) is 11.2. The van der Waals surface area contributed by atoms with Crippen LogP contribution in [0.4, 0.5) is 5.69 Å². The predicted octanol–water partition coefficient (Wildman–Crippen LogP) is 5.14. The van der Waals surface area contributed by atoms with E-state index in [1.807, 2.05) is 93.6 Å². The number of carbonyl (C=O) groups excluding carboxylic acids is 2. The van der Waals surface area contributed by atoms with Gasteiger partial charge < -0.3 is 10.1 Å². The summed E-state index contributed by atoms with van der Waals surface area (Å²) in [6.07, 6.45) is 0.603. The summed E-state index contributed by atoms with van der Waals surface area (Å²) in [5.41, 5.74) is 5.51. The summed E-state index contributed by atoms with van der Waals surface area (Å²) in [6.45, 7) is 6.87. The van der Waals surface area contributed by atoms with Gasteiger partial charge >= 0.3 is 0 Å². The molecule has 0 aromatic heterocycles. The second-order valence-electron chi connectivity index (χ2n) is 8.13. The van der Waals surface area contributed by atoms with Crippen molar-refractivity contribution in [2.45, 2.75) is 27.2 Å². The van der Waals surface area contributed by atoms with Gasteiger partial charge in [-0.05, 0) is 73.7 Å². The largest absolute Gasteiger partial charge is 0.494 e. The van der Waals surface area contributed by atoms with Gasteiger partial charge in [0.25, 0.3) is 11.8 Å². The molecule has 0 bridgehead atoms. The van der Waals surface area contributed by atoms with Crippen molar-refractivity contribution < 1.29 is 14.3 Å². The Morgan fingerprint density at radius 2 is 1.58 bits per heavy atom. The highest BCUT2D eigenvalue weighted by Gasteiger charge is 2.39. The van der Waals surface area contributed by atoms with Crippen molar-refractivity contribution >= 4 is 23.1 Å². The van der Waals surface area contributed by atoms with Crippen molar-refractivity contribution in [2.75, 3.05) is 18.5 Å². The fourth-order valence-corrected chi connectivity index (χ4v) is 3.90. The number of nitrogens with one attached hydrogen (secondary N) is 1. The minimum Gasteiger partial charge on any atom is -0.494 e. The number of hydrogen-bond donors (Lipinski definition) is 1. The summed E-state index contributed by atoms with van der Waals surface area (Å²) in [7, 11) is 0. The Labute approximate surface area is 194 Å². The number of carbonyl (C=O) groups is 2. The van der Waals surface area contributed by atoms with E-state index in [0.717, 1.165) is 22.6 Å². The second-order valence-corrected chi connectivity index (χ2v) is 8.13. The molecule has 168 valence electrons. The number of benzene rings is 3. The number of amides is 2. The van der Waals surface area contributed by atoms with E-state index >= 15 is 0 Å². The Bertz CT molecular complexity index is 1200. The lowest BCUT2D eigenvalue weighted by Crippen LogP contribution is -2.34. The topological polar surface area (TPSA) is 58.6 Å². The number of rotatable bonds is 8. The minimum absolute atomic E-state index is 0.286. The van der Waals surface area contributed by atoms with E-state index in [9.17, 15) is 9.59 Å². The maximum Gasteiger partial charge on any atom is 0.278 e. The summed E-state index contributed by atoms with van der Waals surface area (Å²) in [5, 5.41) is 3.24. The van der Waals surface area contributed by atoms with Gasteiger partial charge in [0.2, 0.25) is 0 Å². The molecule has 0 spiro atoms. The molecule has 2 amide bonds. The molecule has 3 aromatic rings.